The zero-order valence-electron chi connectivity index (χ0n) is 13.0. The molecule has 1 fully saturated rings. The molecule has 1 aromatic carbocycles. The van der Waals surface area contributed by atoms with E-state index in [9.17, 15) is 14.3 Å². The Morgan fingerprint density at radius 3 is 2.27 bits per heavy atom. The molecule has 1 aliphatic rings. The third-order valence-electron chi connectivity index (χ3n) is 4.04. The highest BCUT2D eigenvalue weighted by atomic mass is 35.5. The summed E-state index contributed by atoms with van der Waals surface area (Å²) in [4.78, 5) is 13.9. The van der Waals surface area contributed by atoms with Gasteiger partial charge in [-0.25, -0.2) is 4.39 Å². The molecule has 2 rings (SSSR count). The van der Waals surface area contributed by atoms with Crippen molar-refractivity contribution in [1.82, 2.24) is 4.90 Å². The van der Waals surface area contributed by atoms with Crippen LogP contribution >= 0.6 is 12.4 Å². The number of aliphatic hydroxyl groups is 1. The predicted octanol–water partition coefficient (Wildman–Crippen LogP) is 2.26. The molecule has 1 atom stereocenters. The number of aliphatic hydroxyl groups excluding tert-OH is 1. The molecule has 1 unspecified atom stereocenters. The van der Waals surface area contributed by atoms with Gasteiger partial charge in [0.2, 0.25) is 5.91 Å². The van der Waals surface area contributed by atoms with Crippen molar-refractivity contribution in [2.45, 2.75) is 38.3 Å². The zero-order valence-corrected chi connectivity index (χ0v) is 13.8. The maximum absolute atomic E-state index is 12.9. The van der Waals surface area contributed by atoms with Crippen molar-refractivity contribution in [3.05, 3.63) is 35.6 Å². The number of amides is 1. The van der Waals surface area contributed by atoms with Crippen LogP contribution in [0.25, 0.3) is 0 Å². The fraction of sp³-hybridized carbons (Fsp3) is 0.562. The Hall–Kier alpha value is -1.17. The average Bonchev–Trinajstić information content (AvgIpc) is 2.46. The zero-order chi connectivity index (χ0) is 15.6. The van der Waals surface area contributed by atoms with E-state index in [1.807, 2.05) is 0 Å². The van der Waals surface area contributed by atoms with Gasteiger partial charge < -0.3 is 15.7 Å². The highest BCUT2D eigenvalue weighted by Gasteiger charge is 2.33. The molecule has 6 heteroatoms. The average molecular weight is 331 g/mol. The first kappa shape index (κ1) is 18.9. The molecule has 0 spiro atoms. The third-order valence-corrected chi connectivity index (χ3v) is 4.04. The number of likely N-dealkylation sites (tertiary alicyclic amines) is 1. The Morgan fingerprint density at radius 2 is 1.82 bits per heavy atom. The van der Waals surface area contributed by atoms with Gasteiger partial charge in [0.25, 0.3) is 0 Å². The second-order valence-electron chi connectivity index (χ2n) is 6.35. The number of rotatable bonds is 3. The number of halogens is 2. The van der Waals surface area contributed by atoms with Crippen LogP contribution in [0.1, 0.15) is 38.4 Å². The van der Waals surface area contributed by atoms with Gasteiger partial charge >= 0.3 is 0 Å². The Morgan fingerprint density at radius 1 is 1.32 bits per heavy atom. The SMILES string of the molecule is CC(C)(N)C(=O)N1CCC(C(O)c2ccc(F)cc2)CC1.Cl. The summed E-state index contributed by atoms with van der Waals surface area (Å²) in [6.07, 6.45) is 0.828. The topological polar surface area (TPSA) is 66.6 Å². The van der Waals surface area contributed by atoms with Gasteiger partial charge in [-0.2, -0.15) is 0 Å². The normalized spacial score (nSPS) is 17.8. The highest BCUT2D eigenvalue weighted by Crippen LogP contribution is 2.31. The van der Waals surface area contributed by atoms with Crippen molar-refractivity contribution < 1.29 is 14.3 Å². The lowest BCUT2D eigenvalue weighted by Gasteiger charge is -2.37. The molecule has 124 valence electrons. The summed E-state index contributed by atoms with van der Waals surface area (Å²) in [6, 6.07) is 5.93. The Bertz CT molecular complexity index is 494. The minimum atomic E-state index is -0.859. The summed E-state index contributed by atoms with van der Waals surface area (Å²) in [5, 5.41) is 10.4. The molecule has 0 bridgehead atoms. The smallest absolute Gasteiger partial charge is 0.242 e. The lowest BCUT2D eigenvalue weighted by atomic mass is 9.87. The Labute approximate surface area is 136 Å². The lowest BCUT2D eigenvalue weighted by molar-refractivity contribution is -0.137. The van der Waals surface area contributed by atoms with Crippen molar-refractivity contribution in [3.8, 4) is 0 Å². The summed E-state index contributed by atoms with van der Waals surface area (Å²) in [7, 11) is 0. The second-order valence-corrected chi connectivity index (χ2v) is 6.35. The Kier molecular flexibility index (Phi) is 6.35. The molecule has 3 N–H and O–H groups in total. The van der Waals surface area contributed by atoms with Gasteiger partial charge in [-0.05, 0) is 50.3 Å². The van der Waals surface area contributed by atoms with Crippen LogP contribution in [0.3, 0.4) is 0 Å². The number of benzene rings is 1. The van der Waals surface area contributed by atoms with Crippen LogP contribution < -0.4 is 5.73 Å². The summed E-state index contributed by atoms with van der Waals surface area (Å²) in [5.41, 5.74) is 5.70. The minimum absolute atomic E-state index is 0. The van der Waals surface area contributed by atoms with Gasteiger partial charge in [-0.3, -0.25) is 4.79 Å². The van der Waals surface area contributed by atoms with Crippen LogP contribution in [-0.4, -0.2) is 34.5 Å². The standard InChI is InChI=1S/C16H23FN2O2.ClH/c1-16(2,18)15(21)19-9-7-12(8-10-19)14(20)11-3-5-13(17)6-4-11;/h3-6,12,14,20H,7-10,18H2,1-2H3;1H. The van der Waals surface area contributed by atoms with E-state index in [0.717, 1.165) is 18.4 Å². The number of nitrogens with zero attached hydrogens (tertiary/aromatic N) is 1. The van der Waals surface area contributed by atoms with E-state index in [0.29, 0.717) is 13.1 Å². The van der Waals surface area contributed by atoms with Crippen LogP contribution in [0.2, 0.25) is 0 Å². The van der Waals surface area contributed by atoms with E-state index in [4.69, 9.17) is 5.73 Å². The van der Waals surface area contributed by atoms with Crippen LogP contribution in [0.4, 0.5) is 4.39 Å². The van der Waals surface area contributed by atoms with Crippen molar-refractivity contribution in [1.29, 1.82) is 0 Å². The monoisotopic (exact) mass is 330 g/mol. The number of carbonyl (C=O) groups is 1. The van der Waals surface area contributed by atoms with Crippen LogP contribution in [0.5, 0.6) is 0 Å². The minimum Gasteiger partial charge on any atom is -0.388 e. The molecule has 0 saturated carbocycles. The van der Waals surface area contributed by atoms with Crippen LogP contribution in [-0.2, 0) is 4.79 Å². The number of hydrogen-bond donors (Lipinski definition) is 2. The molecule has 4 nitrogen and oxygen atoms in total. The number of carbonyl (C=O) groups excluding carboxylic acids is 1. The summed E-state index contributed by atoms with van der Waals surface area (Å²) < 4.78 is 12.9. The van der Waals surface area contributed by atoms with E-state index in [1.54, 1.807) is 30.9 Å². The molecule has 1 amide bonds. The second kappa shape index (κ2) is 7.40. The van der Waals surface area contributed by atoms with Gasteiger partial charge in [0, 0.05) is 13.1 Å². The summed E-state index contributed by atoms with van der Waals surface area (Å²) in [5.74, 6) is -0.283. The van der Waals surface area contributed by atoms with Crippen LogP contribution in [0, 0.1) is 11.7 Å². The molecule has 1 aromatic rings. The van der Waals surface area contributed by atoms with Gasteiger partial charge in [-0.1, -0.05) is 12.1 Å². The first-order chi connectivity index (χ1) is 9.79. The molecule has 0 radical (unpaired) electrons. The third kappa shape index (κ3) is 4.41. The fourth-order valence-corrected chi connectivity index (χ4v) is 2.76. The molecular weight excluding hydrogens is 307 g/mol. The molecular formula is C16H24ClFN2O2. The van der Waals surface area contributed by atoms with E-state index >= 15 is 0 Å². The van der Waals surface area contributed by atoms with Crippen LogP contribution in [0.15, 0.2) is 24.3 Å². The summed E-state index contributed by atoms with van der Waals surface area (Å²) in [6.45, 7) is 4.61. The molecule has 1 saturated heterocycles. The van der Waals surface area contributed by atoms with Gasteiger partial charge in [0.15, 0.2) is 0 Å². The van der Waals surface area contributed by atoms with Crippen molar-refractivity contribution in [3.63, 3.8) is 0 Å². The lowest BCUT2D eigenvalue weighted by Crippen LogP contribution is -2.53. The van der Waals surface area contributed by atoms with E-state index in [-0.39, 0.29) is 30.0 Å². The van der Waals surface area contributed by atoms with Crippen molar-refractivity contribution in [2.24, 2.45) is 11.7 Å². The predicted molar refractivity (Wildman–Crippen MR) is 86.2 cm³/mol. The van der Waals surface area contributed by atoms with Gasteiger partial charge in [0.05, 0.1) is 11.6 Å². The first-order valence-electron chi connectivity index (χ1n) is 7.31. The quantitative estimate of drug-likeness (QED) is 0.893. The number of hydrogen-bond acceptors (Lipinski definition) is 3. The Balaban J connectivity index is 0.00000242. The molecule has 0 aromatic heterocycles. The maximum atomic E-state index is 12.9. The van der Waals surface area contributed by atoms with Gasteiger partial charge in [0.1, 0.15) is 5.82 Å². The van der Waals surface area contributed by atoms with E-state index in [2.05, 4.69) is 0 Å². The molecule has 1 heterocycles. The largest absolute Gasteiger partial charge is 0.388 e. The van der Waals surface area contributed by atoms with Gasteiger partial charge in [-0.15, -0.1) is 12.4 Å². The molecule has 1 aliphatic heterocycles. The molecule has 22 heavy (non-hydrogen) atoms. The van der Waals surface area contributed by atoms with E-state index in [1.165, 1.54) is 12.1 Å². The van der Waals surface area contributed by atoms with Crippen molar-refractivity contribution >= 4 is 18.3 Å². The maximum Gasteiger partial charge on any atom is 0.242 e. The highest BCUT2D eigenvalue weighted by molar-refractivity contribution is 5.85. The first-order valence-corrected chi connectivity index (χ1v) is 7.31. The number of piperidine rings is 1. The molecule has 0 aliphatic carbocycles. The summed E-state index contributed by atoms with van der Waals surface area (Å²) >= 11 is 0. The number of nitrogens with two attached hydrogens (primary N) is 1. The van der Waals surface area contributed by atoms with Crippen molar-refractivity contribution in [2.75, 3.05) is 13.1 Å². The van der Waals surface area contributed by atoms with E-state index < -0.39 is 11.6 Å². The fourth-order valence-electron chi connectivity index (χ4n) is 2.76.